The summed E-state index contributed by atoms with van der Waals surface area (Å²) >= 11 is 0. The standard InChI is InChI=1S/C22H46N2O4S/c1-5-6-7-8-9-10-11-12-13-14-19-24(3,4)20-15-17-23(22(2)25)18-16-21-29(26,27)28/h5-21H2,1-4H3/p+1. The fourth-order valence-electron chi connectivity index (χ4n) is 3.69. The number of carbonyl (C=O) groups excluding carboxylic acids is 1. The van der Waals surface area contributed by atoms with Gasteiger partial charge in [-0.25, -0.2) is 0 Å². The second-order valence-corrected chi connectivity index (χ2v) is 10.6. The minimum absolute atomic E-state index is 0.0414. The van der Waals surface area contributed by atoms with Gasteiger partial charge in [-0.15, -0.1) is 0 Å². The van der Waals surface area contributed by atoms with E-state index in [4.69, 9.17) is 4.55 Å². The van der Waals surface area contributed by atoms with Crippen molar-refractivity contribution in [2.75, 3.05) is 46.0 Å². The zero-order valence-corrected chi connectivity index (χ0v) is 20.3. The minimum atomic E-state index is -3.95. The van der Waals surface area contributed by atoms with Crippen molar-refractivity contribution in [3.8, 4) is 0 Å². The number of rotatable bonds is 19. The largest absolute Gasteiger partial charge is 0.343 e. The van der Waals surface area contributed by atoms with Gasteiger partial charge in [0, 0.05) is 26.4 Å². The van der Waals surface area contributed by atoms with Gasteiger partial charge in [0.25, 0.3) is 10.1 Å². The van der Waals surface area contributed by atoms with Crippen LogP contribution < -0.4 is 0 Å². The number of hydrogen-bond acceptors (Lipinski definition) is 3. The van der Waals surface area contributed by atoms with Crippen LogP contribution in [-0.2, 0) is 14.9 Å². The Kier molecular flexibility index (Phi) is 15.7. The molecule has 0 spiro atoms. The molecule has 0 aliphatic rings. The van der Waals surface area contributed by atoms with Crippen LogP contribution in [0, 0.1) is 0 Å². The molecule has 0 bridgehead atoms. The van der Waals surface area contributed by atoms with Gasteiger partial charge in [0.05, 0.1) is 32.9 Å². The number of hydrogen-bond donors (Lipinski definition) is 1. The van der Waals surface area contributed by atoms with Crippen molar-refractivity contribution in [2.24, 2.45) is 0 Å². The van der Waals surface area contributed by atoms with Gasteiger partial charge in [-0.1, -0.05) is 58.3 Å². The molecule has 29 heavy (non-hydrogen) atoms. The van der Waals surface area contributed by atoms with Crippen molar-refractivity contribution in [3.63, 3.8) is 0 Å². The van der Waals surface area contributed by atoms with Gasteiger partial charge >= 0.3 is 0 Å². The molecule has 0 aliphatic heterocycles. The third kappa shape index (κ3) is 19.1. The number of nitrogens with zero attached hydrogens (tertiary/aromatic N) is 2. The summed E-state index contributed by atoms with van der Waals surface area (Å²) in [5.74, 6) is -0.336. The van der Waals surface area contributed by atoms with Crippen molar-refractivity contribution in [1.82, 2.24) is 4.90 Å². The monoisotopic (exact) mass is 435 g/mol. The minimum Gasteiger partial charge on any atom is -0.343 e. The highest BCUT2D eigenvalue weighted by Gasteiger charge is 2.16. The Morgan fingerprint density at radius 2 is 1.24 bits per heavy atom. The first-order chi connectivity index (χ1) is 13.6. The topological polar surface area (TPSA) is 74.7 Å². The lowest BCUT2D eigenvalue weighted by Crippen LogP contribution is -2.43. The number of quaternary nitrogens is 1. The quantitative estimate of drug-likeness (QED) is 0.184. The maximum Gasteiger partial charge on any atom is 0.264 e. The van der Waals surface area contributed by atoms with Crippen LogP contribution in [0.15, 0.2) is 0 Å². The van der Waals surface area contributed by atoms with Crippen molar-refractivity contribution in [3.05, 3.63) is 0 Å². The van der Waals surface area contributed by atoms with Crippen LogP contribution in [0.1, 0.15) is 90.9 Å². The van der Waals surface area contributed by atoms with Crippen LogP contribution in [0.2, 0.25) is 0 Å². The Morgan fingerprint density at radius 3 is 1.72 bits per heavy atom. The molecule has 1 N–H and O–H groups in total. The van der Waals surface area contributed by atoms with Crippen LogP contribution in [0.25, 0.3) is 0 Å². The average molecular weight is 436 g/mol. The highest BCUT2D eigenvalue weighted by atomic mass is 32.2. The summed E-state index contributed by atoms with van der Waals surface area (Å²) < 4.78 is 31.4. The summed E-state index contributed by atoms with van der Waals surface area (Å²) in [6.45, 7) is 6.94. The molecule has 0 unspecified atom stereocenters. The zero-order valence-electron chi connectivity index (χ0n) is 19.5. The zero-order chi connectivity index (χ0) is 22.2. The maximum atomic E-state index is 11.7. The van der Waals surface area contributed by atoms with Crippen molar-refractivity contribution < 1.29 is 22.2 Å². The Labute approximate surface area is 180 Å². The summed E-state index contributed by atoms with van der Waals surface area (Å²) in [5, 5.41) is 0. The molecule has 0 radical (unpaired) electrons. The molecule has 0 heterocycles. The fourth-order valence-corrected chi connectivity index (χ4v) is 4.19. The van der Waals surface area contributed by atoms with Crippen LogP contribution in [0.3, 0.4) is 0 Å². The van der Waals surface area contributed by atoms with Crippen molar-refractivity contribution in [1.29, 1.82) is 0 Å². The number of unbranched alkanes of at least 4 members (excludes halogenated alkanes) is 9. The van der Waals surface area contributed by atoms with E-state index in [1.54, 1.807) is 4.90 Å². The molecule has 0 fully saturated rings. The molecular weight excluding hydrogens is 388 g/mol. The maximum absolute atomic E-state index is 11.7. The number of carbonyl (C=O) groups is 1. The summed E-state index contributed by atoms with van der Waals surface area (Å²) in [4.78, 5) is 13.4. The van der Waals surface area contributed by atoms with Gasteiger partial charge in [0.2, 0.25) is 5.91 Å². The molecule has 0 saturated heterocycles. The predicted octanol–water partition coefficient (Wildman–Crippen LogP) is 4.50. The molecule has 0 saturated carbocycles. The smallest absolute Gasteiger partial charge is 0.264 e. The third-order valence-electron chi connectivity index (χ3n) is 5.58. The molecule has 0 atom stereocenters. The molecule has 6 nitrogen and oxygen atoms in total. The van der Waals surface area contributed by atoms with Gasteiger partial charge in [0.15, 0.2) is 0 Å². The van der Waals surface area contributed by atoms with Gasteiger partial charge in [-0.3, -0.25) is 9.35 Å². The molecular formula is C22H47N2O4S+. The van der Waals surface area contributed by atoms with Crippen molar-refractivity contribution >= 4 is 16.0 Å². The highest BCUT2D eigenvalue weighted by Crippen LogP contribution is 2.12. The van der Waals surface area contributed by atoms with E-state index in [1.807, 2.05) is 0 Å². The Bertz CT molecular complexity index is 521. The molecule has 0 rings (SSSR count). The molecule has 7 heteroatoms. The summed E-state index contributed by atoms with van der Waals surface area (Å²) in [7, 11) is 0.526. The van der Waals surface area contributed by atoms with E-state index < -0.39 is 10.1 Å². The first kappa shape index (κ1) is 28.3. The van der Waals surface area contributed by atoms with Gasteiger partial charge < -0.3 is 9.38 Å². The highest BCUT2D eigenvalue weighted by molar-refractivity contribution is 7.85. The average Bonchev–Trinajstić information content (AvgIpc) is 2.60. The van der Waals surface area contributed by atoms with Gasteiger partial charge in [-0.05, 0) is 19.3 Å². The fraction of sp³-hybridized carbons (Fsp3) is 0.955. The lowest BCUT2D eigenvalue weighted by molar-refractivity contribution is -0.890. The SMILES string of the molecule is CCCCCCCCCCCC[N+](C)(C)CCCN(CCCS(=O)(=O)O)C(C)=O. The normalized spacial score (nSPS) is 12.3. The Balaban J connectivity index is 3.85. The first-order valence-electron chi connectivity index (χ1n) is 11.6. The lowest BCUT2D eigenvalue weighted by Gasteiger charge is -2.31. The summed E-state index contributed by atoms with van der Waals surface area (Å²) in [6, 6.07) is 0. The Hall–Kier alpha value is -0.660. The summed E-state index contributed by atoms with van der Waals surface area (Å²) in [6.07, 6.45) is 14.6. The van der Waals surface area contributed by atoms with E-state index in [0.29, 0.717) is 13.1 Å². The van der Waals surface area contributed by atoms with E-state index in [0.717, 1.165) is 24.0 Å². The molecule has 0 aromatic rings. The summed E-state index contributed by atoms with van der Waals surface area (Å²) in [5.41, 5.74) is 0. The molecule has 174 valence electrons. The van der Waals surface area contributed by atoms with Crippen LogP contribution >= 0.6 is 0 Å². The van der Waals surface area contributed by atoms with E-state index >= 15 is 0 Å². The van der Waals surface area contributed by atoms with E-state index in [-0.39, 0.29) is 18.1 Å². The van der Waals surface area contributed by atoms with E-state index in [1.165, 1.54) is 71.1 Å². The second kappa shape index (κ2) is 16.1. The predicted molar refractivity (Wildman–Crippen MR) is 122 cm³/mol. The number of amides is 1. The molecule has 0 aromatic carbocycles. The van der Waals surface area contributed by atoms with Crippen LogP contribution in [0.4, 0.5) is 0 Å². The van der Waals surface area contributed by atoms with Crippen LogP contribution in [0.5, 0.6) is 0 Å². The first-order valence-corrected chi connectivity index (χ1v) is 13.2. The second-order valence-electron chi connectivity index (χ2n) is 9.06. The van der Waals surface area contributed by atoms with Crippen LogP contribution in [-0.4, -0.2) is 74.3 Å². The molecule has 0 aromatic heterocycles. The third-order valence-corrected chi connectivity index (χ3v) is 6.39. The Morgan fingerprint density at radius 1 is 0.793 bits per heavy atom. The lowest BCUT2D eigenvalue weighted by atomic mass is 10.1. The van der Waals surface area contributed by atoms with E-state index in [2.05, 4.69) is 21.0 Å². The molecule has 1 amide bonds. The van der Waals surface area contributed by atoms with Gasteiger partial charge in [0.1, 0.15) is 0 Å². The molecule has 0 aliphatic carbocycles. The van der Waals surface area contributed by atoms with Gasteiger partial charge in [-0.2, -0.15) is 8.42 Å². The van der Waals surface area contributed by atoms with E-state index in [9.17, 15) is 13.2 Å². The van der Waals surface area contributed by atoms with Crippen molar-refractivity contribution in [2.45, 2.75) is 90.9 Å².